The Morgan fingerprint density at radius 1 is 0.698 bits per heavy atom. The van der Waals surface area contributed by atoms with Gasteiger partial charge in [-0.2, -0.15) is 0 Å². The van der Waals surface area contributed by atoms with Gasteiger partial charge in [0.2, 0.25) is 25.1 Å². The van der Waals surface area contributed by atoms with Crippen LogP contribution in [0.2, 0.25) is 0 Å². The molecule has 0 spiro atoms. The number of allylic oxidation sites excluding steroid dienone is 1. The van der Waals surface area contributed by atoms with E-state index in [9.17, 15) is 14.7 Å². The lowest BCUT2D eigenvalue weighted by atomic mass is 10.1. The Kier molecular flexibility index (Phi) is 12.4. The maximum atomic E-state index is 11.5. The van der Waals surface area contributed by atoms with Crippen molar-refractivity contribution in [1.82, 2.24) is 5.32 Å². The van der Waals surface area contributed by atoms with Gasteiger partial charge in [-0.05, 0) is 57.5 Å². The Morgan fingerprint density at radius 3 is 1.57 bits per heavy atom. The molecule has 0 aromatic heterocycles. The van der Waals surface area contributed by atoms with Gasteiger partial charge in [0.15, 0.2) is 29.1 Å². The first-order chi connectivity index (χ1) is 25.4. The van der Waals surface area contributed by atoms with Crippen LogP contribution in [0, 0.1) is 0 Å². The second kappa shape index (κ2) is 17.3. The molecule has 0 bridgehead atoms. The summed E-state index contributed by atoms with van der Waals surface area (Å²) in [6.07, 6.45) is -1.03. The molecule has 53 heavy (non-hydrogen) atoms. The number of ether oxygens (including phenoxy) is 6. The molecule has 3 N–H and O–H groups in total. The number of alkyl carbamates (subject to hydrolysis) is 1. The predicted octanol–water partition coefficient (Wildman–Crippen LogP) is 8.78. The summed E-state index contributed by atoms with van der Waals surface area (Å²) in [5, 5.41) is 24.2. The molecule has 2 aliphatic heterocycles. The fourth-order valence-corrected chi connectivity index (χ4v) is 5.33. The van der Waals surface area contributed by atoms with Crippen LogP contribution in [0.3, 0.4) is 0 Å². The fourth-order valence-electron chi connectivity index (χ4n) is 5.33. The second-order valence-corrected chi connectivity index (χ2v) is 13.2. The van der Waals surface area contributed by atoms with Gasteiger partial charge in [0.05, 0.1) is 6.04 Å². The lowest BCUT2D eigenvalue weighted by molar-refractivity contribution is -0.147. The molecule has 276 valence electrons. The number of nitrogens with one attached hydrogen (secondary N) is 1. The minimum Gasteiger partial charge on any atom is -0.479 e. The molecule has 0 saturated heterocycles. The number of carboxylic acids is 1. The topological polar surface area (TPSA) is 142 Å². The first-order valence-electron chi connectivity index (χ1n) is 16.9. The van der Waals surface area contributed by atoms with Gasteiger partial charge in [0, 0.05) is 10.8 Å². The number of rotatable bonds is 6. The van der Waals surface area contributed by atoms with Gasteiger partial charge in [0.25, 0.3) is 0 Å². The molecule has 2 atom stereocenters. The minimum absolute atomic E-state index is 0.109. The average Bonchev–Trinajstić information content (AvgIpc) is 3.78. The smallest absolute Gasteiger partial charge is 0.408 e. The van der Waals surface area contributed by atoms with Crippen molar-refractivity contribution in [2.45, 2.75) is 52.4 Å². The molecule has 0 aliphatic carbocycles. The van der Waals surface area contributed by atoms with Gasteiger partial charge < -0.3 is 44.0 Å². The molecular formula is C42H43NO10. The number of hydrogen-bond acceptors (Lipinski definition) is 9. The normalized spacial score (nSPS) is 13.2. The van der Waals surface area contributed by atoms with E-state index < -0.39 is 29.8 Å². The van der Waals surface area contributed by atoms with Gasteiger partial charge in [-0.25, -0.2) is 9.59 Å². The Balaban J connectivity index is 0.000000257. The average molecular weight is 722 g/mol. The summed E-state index contributed by atoms with van der Waals surface area (Å²) in [7, 11) is 0. The Morgan fingerprint density at radius 2 is 1.13 bits per heavy atom. The van der Waals surface area contributed by atoms with Crippen LogP contribution in [-0.2, 0) is 9.53 Å². The number of benzene rings is 2. The maximum Gasteiger partial charge on any atom is 0.408 e. The predicted molar refractivity (Wildman–Crippen MR) is 202 cm³/mol. The van der Waals surface area contributed by atoms with E-state index in [-0.39, 0.29) is 13.6 Å². The molecule has 0 radical (unpaired) electrons. The van der Waals surface area contributed by atoms with E-state index in [1.807, 2.05) is 109 Å². The van der Waals surface area contributed by atoms with Gasteiger partial charge in [-0.3, -0.25) is 0 Å². The number of aliphatic carboxylic acids is 1. The van der Waals surface area contributed by atoms with Crippen LogP contribution in [-0.4, -0.2) is 53.6 Å². The molecule has 1 amide bonds. The van der Waals surface area contributed by atoms with Crippen molar-refractivity contribution in [2.75, 3.05) is 13.6 Å². The summed E-state index contributed by atoms with van der Waals surface area (Å²) in [6, 6.07) is 34.6. The van der Waals surface area contributed by atoms with E-state index in [0.717, 1.165) is 27.1 Å². The van der Waals surface area contributed by atoms with E-state index in [0.29, 0.717) is 34.5 Å². The molecule has 2 aliphatic rings. The third-order valence-electron chi connectivity index (χ3n) is 7.59. The standard InChI is InChI=1S/C30H22O5.C12H21NO5/c1-3-11-21-13-7-9-15-23(21)27(29-25(17-5-1)31-19-33-29)35-28-24-16-10-8-14-22(24)12-4-2-6-18-26-30(28)34-20-32-26;1-7(2)6-8(9(14)10(15)16)13-11(17)18-12(3,4)5/h1-18H,19-20H2;6,8-9,14H,1-5H3,(H,13,17)(H,15,16)/t;8-,9+/m.0/s1. The maximum absolute atomic E-state index is 11.5. The number of aliphatic hydroxyl groups is 1. The number of hydrogen-bond donors (Lipinski definition) is 3. The molecule has 4 aromatic carbocycles. The van der Waals surface area contributed by atoms with Crippen LogP contribution in [0.15, 0.2) is 121 Å². The van der Waals surface area contributed by atoms with Gasteiger partial charge in [-0.15, -0.1) is 0 Å². The van der Waals surface area contributed by atoms with Gasteiger partial charge >= 0.3 is 12.1 Å². The largest absolute Gasteiger partial charge is 0.479 e. The zero-order chi connectivity index (χ0) is 38.0. The number of aliphatic hydroxyl groups excluding tert-OH is 1. The molecule has 11 nitrogen and oxygen atoms in total. The van der Waals surface area contributed by atoms with Crippen LogP contribution >= 0.6 is 0 Å². The van der Waals surface area contributed by atoms with E-state index in [1.54, 1.807) is 34.6 Å². The van der Waals surface area contributed by atoms with Crippen LogP contribution in [0.5, 0.6) is 34.5 Å². The quantitative estimate of drug-likeness (QED) is 0.165. The lowest BCUT2D eigenvalue weighted by Crippen LogP contribution is -2.47. The van der Waals surface area contributed by atoms with Crippen molar-refractivity contribution >= 4 is 33.6 Å². The van der Waals surface area contributed by atoms with Gasteiger partial charge in [0.1, 0.15) is 5.60 Å². The molecule has 6 rings (SSSR count). The minimum atomic E-state index is -1.72. The fraction of sp³-hybridized carbons (Fsp3) is 0.238. The summed E-state index contributed by atoms with van der Waals surface area (Å²) >= 11 is 0. The molecular weight excluding hydrogens is 678 g/mol. The molecule has 11 heteroatoms. The van der Waals surface area contributed by atoms with Crippen molar-refractivity contribution < 1.29 is 48.2 Å². The Bertz CT molecular complexity index is 2000. The lowest BCUT2D eigenvalue weighted by Gasteiger charge is -2.23. The molecule has 0 unspecified atom stereocenters. The van der Waals surface area contributed by atoms with Crippen LogP contribution in [0.4, 0.5) is 4.79 Å². The summed E-state index contributed by atoms with van der Waals surface area (Å²) < 4.78 is 35.3. The summed E-state index contributed by atoms with van der Waals surface area (Å²) in [4.78, 5) is 22.2. The van der Waals surface area contributed by atoms with E-state index in [1.165, 1.54) is 6.08 Å². The third kappa shape index (κ3) is 10.2. The number of fused-ring (bicyclic) bond motifs is 4. The first kappa shape index (κ1) is 38.0. The molecule has 0 saturated carbocycles. The van der Waals surface area contributed by atoms with Gasteiger partial charge in [-0.1, -0.05) is 109 Å². The van der Waals surface area contributed by atoms with Crippen molar-refractivity contribution in [1.29, 1.82) is 0 Å². The summed E-state index contributed by atoms with van der Waals surface area (Å²) in [6.45, 7) is 8.76. The zero-order valence-electron chi connectivity index (χ0n) is 30.2. The van der Waals surface area contributed by atoms with Crippen molar-refractivity contribution in [3.05, 3.63) is 121 Å². The number of amides is 1. The molecule has 4 aromatic rings. The van der Waals surface area contributed by atoms with Crippen molar-refractivity contribution in [3.8, 4) is 34.5 Å². The third-order valence-corrected chi connectivity index (χ3v) is 7.59. The van der Waals surface area contributed by atoms with Crippen LogP contribution in [0.1, 0.15) is 34.6 Å². The Labute approximate surface area is 307 Å². The van der Waals surface area contributed by atoms with E-state index in [2.05, 4.69) is 5.32 Å². The van der Waals surface area contributed by atoms with Crippen molar-refractivity contribution in [3.63, 3.8) is 0 Å². The highest BCUT2D eigenvalue weighted by atomic mass is 16.7. The van der Waals surface area contributed by atoms with Crippen molar-refractivity contribution in [2.24, 2.45) is 0 Å². The highest BCUT2D eigenvalue weighted by Crippen LogP contribution is 2.50. The number of carbonyl (C=O) groups excluding carboxylic acids is 1. The van der Waals surface area contributed by atoms with Crippen LogP contribution in [0.25, 0.3) is 21.5 Å². The summed E-state index contributed by atoms with van der Waals surface area (Å²) in [5.41, 5.74) is 0.0877. The first-order valence-corrected chi connectivity index (χ1v) is 16.9. The second-order valence-electron chi connectivity index (χ2n) is 13.2. The Hall–Kier alpha value is -6.20. The monoisotopic (exact) mass is 721 g/mol. The highest BCUT2D eigenvalue weighted by Gasteiger charge is 2.28. The number of carboxylic acid groups (broad SMARTS) is 1. The summed E-state index contributed by atoms with van der Waals surface area (Å²) in [5.74, 6) is 1.92. The molecule has 2 heterocycles. The SMILES string of the molecule is CC(C)=C[C@H](NC(=O)OC(C)(C)C)[C@@H](O)C(=O)O.c1ccc2c(c(Oc3c4c(cccccc5ccccc35)OCO4)c3ccccc3cc1)OCO2. The zero-order valence-corrected chi connectivity index (χ0v) is 30.2. The highest BCUT2D eigenvalue weighted by molar-refractivity contribution is 5.93. The molecule has 0 fully saturated rings. The van der Waals surface area contributed by atoms with E-state index in [4.69, 9.17) is 33.5 Å². The van der Waals surface area contributed by atoms with E-state index >= 15 is 0 Å². The number of carbonyl (C=O) groups is 2. The van der Waals surface area contributed by atoms with Crippen LogP contribution < -0.4 is 29.0 Å².